The average molecular weight is 439 g/mol. The standard InChI is InChI=1S/C27H44F2O2/c1-2-3-4-5-6-7-8-9-10-11-12-13-14-15-16-17-18-19-22-31-27(30)25-23-24(28)20-21-26(25)29/h20-21,23H,2-19,22H2,1H3. The predicted octanol–water partition coefficient (Wildman–Crippen LogP) is 9.16. The number of carbonyl (C=O) groups is 1. The molecular formula is C27H44F2O2. The van der Waals surface area contributed by atoms with Crippen LogP contribution in [0.3, 0.4) is 0 Å². The number of esters is 1. The van der Waals surface area contributed by atoms with Crippen molar-refractivity contribution in [2.24, 2.45) is 0 Å². The third kappa shape index (κ3) is 15.1. The molecule has 0 spiro atoms. The lowest BCUT2D eigenvalue weighted by atomic mass is 10.0. The molecule has 0 fully saturated rings. The number of ether oxygens (including phenoxy) is 1. The van der Waals surface area contributed by atoms with Crippen LogP contribution in [0.4, 0.5) is 8.78 Å². The van der Waals surface area contributed by atoms with Crippen molar-refractivity contribution in [3.63, 3.8) is 0 Å². The minimum Gasteiger partial charge on any atom is -0.462 e. The first-order chi connectivity index (χ1) is 15.1. The second-order valence-corrected chi connectivity index (χ2v) is 8.77. The SMILES string of the molecule is CCCCCCCCCCCCCCCCCCCCOC(=O)c1cc(F)ccc1F. The molecule has 0 amide bonds. The van der Waals surface area contributed by atoms with Crippen LogP contribution < -0.4 is 0 Å². The highest BCUT2D eigenvalue weighted by Crippen LogP contribution is 2.15. The van der Waals surface area contributed by atoms with Crippen LogP contribution in [0.15, 0.2) is 18.2 Å². The van der Waals surface area contributed by atoms with Crippen LogP contribution in [0.1, 0.15) is 133 Å². The maximum atomic E-state index is 13.5. The second-order valence-electron chi connectivity index (χ2n) is 8.77. The molecule has 0 bridgehead atoms. The zero-order valence-electron chi connectivity index (χ0n) is 19.7. The third-order valence-corrected chi connectivity index (χ3v) is 5.88. The summed E-state index contributed by atoms with van der Waals surface area (Å²) in [5, 5.41) is 0. The zero-order valence-corrected chi connectivity index (χ0v) is 19.7. The fraction of sp³-hybridized carbons (Fsp3) is 0.741. The van der Waals surface area contributed by atoms with E-state index in [2.05, 4.69) is 6.92 Å². The van der Waals surface area contributed by atoms with Crippen molar-refractivity contribution < 1.29 is 18.3 Å². The van der Waals surface area contributed by atoms with Crippen molar-refractivity contribution >= 4 is 5.97 Å². The molecule has 0 heterocycles. The van der Waals surface area contributed by atoms with Gasteiger partial charge in [-0.05, 0) is 24.6 Å². The molecule has 31 heavy (non-hydrogen) atoms. The van der Waals surface area contributed by atoms with Crippen LogP contribution in [0.25, 0.3) is 0 Å². The Balaban J connectivity index is 1.81. The Morgan fingerprint density at radius 2 is 1.10 bits per heavy atom. The van der Waals surface area contributed by atoms with Crippen molar-refractivity contribution in [3.8, 4) is 0 Å². The number of unbranched alkanes of at least 4 members (excludes halogenated alkanes) is 17. The number of halogens is 2. The molecule has 1 aromatic carbocycles. The fourth-order valence-electron chi connectivity index (χ4n) is 3.90. The summed E-state index contributed by atoms with van der Waals surface area (Å²) in [5.41, 5.74) is -0.331. The molecule has 178 valence electrons. The number of hydrogen-bond donors (Lipinski definition) is 0. The molecule has 4 heteroatoms. The Morgan fingerprint density at radius 1 is 0.677 bits per heavy atom. The van der Waals surface area contributed by atoms with Crippen LogP contribution >= 0.6 is 0 Å². The van der Waals surface area contributed by atoms with Gasteiger partial charge in [0, 0.05) is 0 Å². The van der Waals surface area contributed by atoms with E-state index in [0.717, 1.165) is 37.5 Å². The maximum absolute atomic E-state index is 13.5. The van der Waals surface area contributed by atoms with Gasteiger partial charge in [-0.2, -0.15) is 0 Å². The lowest BCUT2D eigenvalue weighted by Gasteiger charge is -2.06. The summed E-state index contributed by atoms with van der Waals surface area (Å²) in [7, 11) is 0. The molecule has 1 rings (SSSR count). The van der Waals surface area contributed by atoms with Crippen molar-refractivity contribution in [1.29, 1.82) is 0 Å². The molecule has 0 aliphatic heterocycles. The van der Waals surface area contributed by atoms with Gasteiger partial charge in [-0.15, -0.1) is 0 Å². The summed E-state index contributed by atoms with van der Waals surface area (Å²) in [6, 6.07) is 2.82. The molecule has 0 N–H and O–H groups in total. The maximum Gasteiger partial charge on any atom is 0.341 e. The Kier molecular flexibility index (Phi) is 17.1. The lowest BCUT2D eigenvalue weighted by Crippen LogP contribution is -2.09. The highest BCUT2D eigenvalue weighted by molar-refractivity contribution is 5.89. The van der Waals surface area contributed by atoms with E-state index in [1.165, 1.54) is 96.3 Å². The number of hydrogen-bond acceptors (Lipinski definition) is 2. The van der Waals surface area contributed by atoms with Gasteiger partial charge >= 0.3 is 5.97 Å². The van der Waals surface area contributed by atoms with E-state index in [9.17, 15) is 13.6 Å². The summed E-state index contributed by atoms with van der Waals surface area (Å²) < 4.78 is 31.6. The van der Waals surface area contributed by atoms with Crippen LogP contribution in [0.5, 0.6) is 0 Å². The summed E-state index contributed by atoms with van der Waals surface area (Å²) >= 11 is 0. The van der Waals surface area contributed by atoms with Gasteiger partial charge in [-0.1, -0.05) is 116 Å². The highest BCUT2D eigenvalue weighted by Gasteiger charge is 2.13. The molecule has 0 aliphatic carbocycles. The van der Waals surface area contributed by atoms with E-state index in [1.807, 2.05) is 0 Å². The van der Waals surface area contributed by atoms with E-state index >= 15 is 0 Å². The van der Waals surface area contributed by atoms with Gasteiger partial charge in [0.05, 0.1) is 12.2 Å². The van der Waals surface area contributed by atoms with Crippen LogP contribution in [0, 0.1) is 11.6 Å². The van der Waals surface area contributed by atoms with Crippen LogP contribution in [-0.2, 0) is 4.74 Å². The fourth-order valence-corrected chi connectivity index (χ4v) is 3.90. The van der Waals surface area contributed by atoms with Crippen molar-refractivity contribution in [2.75, 3.05) is 6.61 Å². The first-order valence-electron chi connectivity index (χ1n) is 12.8. The molecule has 0 radical (unpaired) electrons. The van der Waals surface area contributed by atoms with Crippen LogP contribution in [0.2, 0.25) is 0 Å². The summed E-state index contributed by atoms with van der Waals surface area (Å²) in [5.74, 6) is -2.17. The summed E-state index contributed by atoms with van der Waals surface area (Å²) in [4.78, 5) is 11.8. The summed E-state index contributed by atoms with van der Waals surface area (Å²) in [6.07, 6.45) is 23.4. The first kappa shape index (κ1) is 27.6. The molecule has 2 nitrogen and oxygen atoms in total. The first-order valence-corrected chi connectivity index (χ1v) is 12.8. The predicted molar refractivity (Wildman–Crippen MR) is 125 cm³/mol. The average Bonchev–Trinajstić information content (AvgIpc) is 2.76. The van der Waals surface area contributed by atoms with Gasteiger partial charge in [0.15, 0.2) is 0 Å². The summed E-state index contributed by atoms with van der Waals surface area (Å²) in [6.45, 7) is 2.53. The monoisotopic (exact) mass is 438 g/mol. The van der Waals surface area contributed by atoms with E-state index in [0.29, 0.717) is 0 Å². The smallest absolute Gasteiger partial charge is 0.341 e. The Labute approximate surface area is 189 Å². The van der Waals surface area contributed by atoms with Crippen molar-refractivity contribution in [1.82, 2.24) is 0 Å². The quantitative estimate of drug-likeness (QED) is 0.150. The highest BCUT2D eigenvalue weighted by atomic mass is 19.1. The van der Waals surface area contributed by atoms with Gasteiger partial charge in [0.25, 0.3) is 0 Å². The Hall–Kier alpha value is -1.45. The molecule has 0 saturated carbocycles. The van der Waals surface area contributed by atoms with Gasteiger partial charge in [0.2, 0.25) is 0 Å². The molecular weight excluding hydrogens is 394 g/mol. The Bertz CT molecular complexity index is 574. The van der Waals surface area contributed by atoms with Crippen LogP contribution in [-0.4, -0.2) is 12.6 Å². The number of carbonyl (C=O) groups excluding carboxylic acids is 1. The number of benzene rings is 1. The van der Waals surface area contributed by atoms with E-state index in [-0.39, 0.29) is 12.2 Å². The minimum absolute atomic E-state index is 0.257. The molecule has 0 aromatic heterocycles. The largest absolute Gasteiger partial charge is 0.462 e. The van der Waals surface area contributed by atoms with Gasteiger partial charge < -0.3 is 4.74 Å². The van der Waals surface area contributed by atoms with Crippen molar-refractivity contribution in [3.05, 3.63) is 35.4 Å². The van der Waals surface area contributed by atoms with E-state index in [4.69, 9.17) is 4.74 Å². The van der Waals surface area contributed by atoms with Gasteiger partial charge in [-0.3, -0.25) is 0 Å². The minimum atomic E-state index is -0.788. The van der Waals surface area contributed by atoms with Crippen molar-refractivity contribution in [2.45, 2.75) is 122 Å². The molecule has 0 aliphatic rings. The van der Waals surface area contributed by atoms with E-state index < -0.39 is 17.6 Å². The van der Waals surface area contributed by atoms with Gasteiger partial charge in [-0.25, -0.2) is 13.6 Å². The zero-order chi connectivity index (χ0) is 22.6. The molecule has 1 aromatic rings. The molecule has 0 unspecified atom stereocenters. The normalized spacial score (nSPS) is 11.1. The molecule has 0 saturated heterocycles. The second kappa shape index (κ2) is 19.3. The topological polar surface area (TPSA) is 26.3 Å². The Morgan fingerprint density at radius 3 is 1.55 bits per heavy atom. The third-order valence-electron chi connectivity index (χ3n) is 5.88. The number of rotatable bonds is 20. The van der Waals surface area contributed by atoms with Gasteiger partial charge in [0.1, 0.15) is 11.6 Å². The van der Waals surface area contributed by atoms with E-state index in [1.54, 1.807) is 0 Å². The lowest BCUT2D eigenvalue weighted by molar-refractivity contribution is 0.0491. The molecule has 0 atom stereocenters.